The Labute approximate surface area is 109 Å². The molecule has 0 amide bonds. The first-order chi connectivity index (χ1) is 8.73. The topological polar surface area (TPSA) is 38.7 Å². The Balaban J connectivity index is 2.08. The molecule has 1 fully saturated rings. The minimum absolute atomic E-state index is 0.0131. The second-order valence-corrected chi connectivity index (χ2v) is 4.80. The molecular weight excluding hydrogens is 228 g/mol. The fourth-order valence-corrected chi connectivity index (χ4v) is 2.49. The average molecular weight is 250 g/mol. The van der Waals surface area contributed by atoms with E-state index >= 15 is 0 Å². The predicted molar refractivity (Wildman–Crippen MR) is 70.3 cm³/mol. The van der Waals surface area contributed by atoms with Gasteiger partial charge in [-0.05, 0) is 18.4 Å². The normalized spacial score (nSPS) is 26.4. The van der Waals surface area contributed by atoms with Crippen LogP contribution in [0.15, 0.2) is 30.3 Å². The molecular formula is C15H22O3. The highest BCUT2D eigenvalue weighted by molar-refractivity contribution is 5.16. The molecule has 0 saturated carbocycles. The van der Waals surface area contributed by atoms with Gasteiger partial charge < -0.3 is 14.6 Å². The van der Waals surface area contributed by atoms with E-state index in [1.165, 1.54) is 5.56 Å². The Kier molecular flexibility index (Phi) is 4.38. The van der Waals surface area contributed by atoms with Crippen LogP contribution in [-0.4, -0.2) is 29.7 Å². The number of aliphatic hydroxyl groups is 1. The van der Waals surface area contributed by atoms with Crippen LogP contribution in [0.3, 0.4) is 0 Å². The van der Waals surface area contributed by atoms with Crippen LogP contribution in [0.2, 0.25) is 0 Å². The van der Waals surface area contributed by atoms with Gasteiger partial charge in [0, 0.05) is 6.42 Å². The Morgan fingerprint density at radius 2 is 1.67 bits per heavy atom. The summed E-state index contributed by atoms with van der Waals surface area (Å²) < 4.78 is 12.0. The van der Waals surface area contributed by atoms with Crippen molar-refractivity contribution >= 4 is 0 Å². The van der Waals surface area contributed by atoms with E-state index in [1.807, 2.05) is 18.2 Å². The molecule has 1 heterocycles. The van der Waals surface area contributed by atoms with E-state index in [-0.39, 0.29) is 18.8 Å². The molecule has 1 saturated heterocycles. The van der Waals surface area contributed by atoms with Crippen molar-refractivity contribution in [2.75, 3.05) is 6.61 Å². The second kappa shape index (κ2) is 5.83. The minimum atomic E-state index is -0.507. The van der Waals surface area contributed by atoms with Gasteiger partial charge in [0.15, 0.2) is 5.79 Å². The zero-order valence-electron chi connectivity index (χ0n) is 11.1. The van der Waals surface area contributed by atoms with Gasteiger partial charge in [-0.2, -0.15) is 0 Å². The average Bonchev–Trinajstić information content (AvgIpc) is 2.79. The molecule has 1 aromatic rings. The van der Waals surface area contributed by atoms with Gasteiger partial charge in [0.25, 0.3) is 0 Å². The molecule has 1 aliphatic heterocycles. The Morgan fingerprint density at radius 3 is 2.22 bits per heavy atom. The van der Waals surface area contributed by atoms with E-state index in [0.29, 0.717) is 0 Å². The Morgan fingerprint density at radius 1 is 1.06 bits per heavy atom. The van der Waals surface area contributed by atoms with Gasteiger partial charge in [0.2, 0.25) is 0 Å². The Bertz CT molecular complexity index is 359. The molecule has 0 unspecified atom stereocenters. The summed E-state index contributed by atoms with van der Waals surface area (Å²) in [5.41, 5.74) is 1.22. The van der Waals surface area contributed by atoms with Crippen molar-refractivity contribution in [3.05, 3.63) is 35.9 Å². The molecule has 2 rings (SSSR count). The molecule has 3 nitrogen and oxygen atoms in total. The van der Waals surface area contributed by atoms with Gasteiger partial charge in [-0.25, -0.2) is 0 Å². The maximum atomic E-state index is 9.43. The fourth-order valence-electron chi connectivity index (χ4n) is 2.49. The van der Waals surface area contributed by atoms with Crippen LogP contribution in [0.25, 0.3) is 0 Å². The van der Waals surface area contributed by atoms with Crippen LogP contribution < -0.4 is 0 Å². The van der Waals surface area contributed by atoms with Crippen molar-refractivity contribution < 1.29 is 14.6 Å². The fraction of sp³-hybridized carbons (Fsp3) is 0.600. The number of hydrogen-bond acceptors (Lipinski definition) is 3. The summed E-state index contributed by atoms with van der Waals surface area (Å²) in [4.78, 5) is 0. The minimum Gasteiger partial charge on any atom is -0.394 e. The van der Waals surface area contributed by atoms with Crippen LogP contribution in [0, 0.1) is 0 Å². The molecule has 1 aromatic carbocycles. The van der Waals surface area contributed by atoms with Gasteiger partial charge in [-0.15, -0.1) is 0 Å². The lowest BCUT2D eigenvalue weighted by Crippen LogP contribution is -2.29. The van der Waals surface area contributed by atoms with Gasteiger partial charge >= 0.3 is 0 Å². The van der Waals surface area contributed by atoms with E-state index < -0.39 is 5.79 Å². The van der Waals surface area contributed by atoms with Crippen molar-refractivity contribution in [2.24, 2.45) is 0 Å². The molecule has 3 heteroatoms. The van der Waals surface area contributed by atoms with E-state index in [2.05, 4.69) is 26.0 Å². The molecule has 100 valence electrons. The summed E-state index contributed by atoms with van der Waals surface area (Å²) in [6.45, 7) is 4.13. The SMILES string of the molecule is CCC1(CC)O[C@@H](CO)[C@H](Cc2ccccc2)O1. The monoisotopic (exact) mass is 250 g/mol. The van der Waals surface area contributed by atoms with Crippen molar-refractivity contribution in [1.82, 2.24) is 0 Å². The quantitative estimate of drug-likeness (QED) is 0.872. The van der Waals surface area contributed by atoms with Crippen LogP contribution in [0.5, 0.6) is 0 Å². The summed E-state index contributed by atoms with van der Waals surface area (Å²) >= 11 is 0. The molecule has 1 N–H and O–H groups in total. The third-order valence-corrected chi connectivity index (χ3v) is 3.68. The standard InChI is InChI=1S/C15H22O3/c1-3-15(4-2)17-13(14(11-16)18-15)10-12-8-6-5-7-9-12/h5-9,13-14,16H,3-4,10-11H2,1-2H3/t13-,14-/m0/s1. The van der Waals surface area contributed by atoms with Crippen LogP contribution in [-0.2, 0) is 15.9 Å². The lowest BCUT2D eigenvalue weighted by Gasteiger charge is -2.25. The van der Waals surface area contributed by atoms with Crippen molar-refractivity contribution in [3.8, 4) is 0 Å². The predicted octanol–water partition coefficient (Wildman–Crippen LogP) is 2.52. The lowest BCUT2D eigenvalue weighted by atomic mass is 10.0. The summed E-state index contributed by atoms with van der Waals surface area (Å²) in [7, 11) is 0. The van der Waals surface area contributed by atoms with Crippen molar-refractivity contribution in [1.29, 1.82) is 0 Å². The summed E-state index contributed by atoms with van der Waals surface area (Å²) in [5.74, 6) is -0.507. The number of benzene rings is 1. The first kappa shape index (κ1) is 13.5. The number of hydrogen-bond donors (Lipinski definition) is 1. The number of rotatable bonds is 5. The van der Waals surface area contributed by atoms with Crippen LogP contribution in [0.4, 0.5) is 0 Å². The summed E-state index contributed by atoms with van der Waals surface area (Å²) in [6, 6.07) is 10.2. The third-order valence-electron chi connectivity index (χ3n) is 3.68. The second-order valence-electron chi connectivity index (χ2n) is 4.80. The first-order valence-corrected chi connectivity index (χ1v) is 6.73. The first-order valence-electron chi connectivity index (χ1n) is 6.73. The number of aliphatic hydroxyl groups excluding tert-OH is 1. The van der Waals surface area contributed by atoms with E-state index in [9.17, 15) is 5.11 Å². The van der Waals surface area contributed by atoms with Gasteiger partial charge in [0.05, 0.1) is 12.7 Å². The highest BCUT2D eigenvalue weighted by atomic mass is 16.8. The molecule has 0 spiro atoms. The molecule has 0 aromatic heterocycles. The van der Waals surface area contributed by atoms with Gasteiger partial charge in [-0.1, -0.05) is 44.2 Å². The molecule has 0 radical (unpaired) electrons. The van der Waals surface area contributed by atoms with E-state index in [0.717, 1.165) is 19.3 Å². The summed E-state index contributed by atoms with van der Waals surface area (Å²) in [5, 5.41) is 9.43. The highest BCUT2D eigenvalue weighted by Gasteiger charge is 2.44. The highest BCUT2D eigenvalue weighted by Crippen LogP contribution is 2.35. The van der Waals surface area contributed by atoms with E-state index in [1.54, 1.807) is 0 Å². The maximum Gasteiger partial charge on any atom is 0.168 e. The smallest absolute Gasteiger partial charge is 0.168 e. The largest absolute Gasteiger partial charge is 0.394 e. The maximum absolute atomic E-state index is 9.43. The Hall–Kier alpha value is -0.900. The van der Waals surface area contributed by atoms with Crippen molar-refractivity contribution in [3.63, 3.8) is 0 Å². The lowest BCUT2D eigenvalue weighted by molar-refractivity contribution is -0.181. The summed E-state index contributed by atoms with van der Waals surface area (Å²) in [6.07, 6.45) is 2.13. The number of ether oxygens (including phenoxy) is 2. The van der Waals surface area contributed by atoms with Crippen molar-refractivity contribution in [2.45, 2.75) is 51.1 Å². The molecule has 0 aliphatic carbocycles. The van der Waals surface area contributed by atoms with Crippen LogP contribution >= 0.6 is 0 Å². The molecule has 18 heavy (non-hydrogen) atoms. The zero-order valence-corrected chi connectivity index (χ0v) is 11.1. The molecule has 2 atom stereocenters. The zero-order chi connectivity index (χ0) is 13.0. The van der Waals surface area contributed by atoms with Gasteiger partial charge in [-0.3, -0.25) is 0 Å². The third kappa shape index (κ3) is 2.74. The van der Waals surface area contributed by atoms with Crippen LogP contribution in [0.1, 0.15) is 32.3 Å². The molecule has 1 aliphatic rings. The van der Waals surface area contributed by atoms with Gasteiger partial charge in [0.1, 0.15) is 6.10 Å². The molecule has 0 bridgehead atoms. The van der Waals surface area contributed by atoms with E-state index in [4.69, 9.17) is 9.47 Å².